The summed E-state index contributed by atoms with van der Waals surface area (Å²) in [5, 5.41) is 11.0. The first kappa shape index (κ1) is 18.8. The van der Waals surface area contributed by atoms with Crippen molar-refractivity contribution < 1.29 is 13.6 Å². The number of aromatic nitrogens is 5. The van der Waals surface area contributed by atoms with Crippen LogP contribution in [0.15, 0.2) is 36.5 Å². The molecule has 8 nitrogen and oxygen atoms in total. The maximum Gasteiger partial charge on any atom is 0.236 e. The molecule has 1 aromatic carbocycles. The predicted molar refractivity (Wildman–Crippen MR) is 113 cm³/mol. The van der Waals surface area contributed by atoms with Crippen LogP contribution >= 0.6 is 0 Å². The molecular weight excluding hydrogens is 416 g/mol. The Kier molecular flexibility index (Phi) is 3.83. The number of fused-ring (bicyclic) bond motifs is 1. The van der Waals surface area contributed by atoms with E-state index in [1.54, 1.807) is 18.2 Å². The highest BCUT2D eigenvalue weighted by Crippen LogP contribution is 2.46. The van der Waals surface area contributed by atoms with E-state index in [4.69, 9.17) is 0 Å². The van der Waals surface area contributed by atoms with Crippen LogP contribution in [0, 0.1) is 11.6 Å². The quantitative estimate of drug-likeness (QED) is 0.515. The summed E-state index contributed by atoms with van der Waals surface area (Å²) in [5.74, 6) is 0.172. The van der Waals surface area contributed by atoms with Gasteiger partial charge in [-0.05, 0) is 25.5 Å². The number of amides is 1. The van der Waals surface area contributed by atoms with Crippen LogP contribution in [0.2, 0.25) is 0 Å². The Morgan fingerprint density at radius 3 is 2.84 bits per heavy atom. The molecule has 5 heterocycles. The summed E-state index contributed by atoms with van der Waals surface area (Å²) < 4.78 is 29.8. The van der Waals surface area contributed by atoms with Gasteiger partial charge >= 0.3 is 0 Å². The van der Waals surface area contributed by atoms with Gasteiger partial charge in [0, 0.05) is 12.1 Å². The van der Waals surface area contributed by atoms with Gasteiger partial charge in [-0.3, -0.25) is 4.79 Å². The van der Waals surface area contributed by atoms with Crippen molar-refractivity contribution in [3.63, 3.8) is 0 Å². The van der Waals surface area contributed by atoms with E-state index >= 15 is 0 Å². The minimum atomic E-state index is -0.686. The minimum absolute atomic E-state index is 0.104. The summed E-state index contributed by atoms with van der Waals surface area (Å²) in [5.41, 5.74) is 1.15. The lowest BCUT2D eigenvalue weighted by Gasteiger charge is -2.28. The van der Waals surface area contributed by atoms with E-state index in [1.807, 2.05) is 6.92 Å². The van der Waals surface area contributed by atoms with Gasteiger partial charge in [-0.25, -0.2) is 28.4 Å². The molecule has 0 saturated heterocycles. The summed E-state index contributed by atoms with van der Waals surface area (Å²) in [6.07, 6.45) is 1.73. The van der Waals surface area contributed by atoms with Crippen LogP contribution in [-0.2, 0) is 16.8 Å². The van der Waals surface area contributed by atoms with Gasteiger partial charge in [0.05, 0.1) is 29.1 Å². The van der Waals surface area contributed by atoms with E-state index in [1.165, 1.54) is 16.8 Å². The molecular formula is C22H17F2N7O. The molecule has 160 valence electrons. The smallest absolute Gasteiger partial charge is 0.236 e. The molecule has 2 aliphatic heterocycles. The molecule has 0 fully saturated rings. The van der Waals surface area contributed by atoms with E-state index in [0.717, 1.165) is 11.8 Å². The zero-order valence-electron chi connectivity index (χ0n) is 17.0. The van der Waals surface area contributed by atoms with Crippen molar-refractivity contribution in [1.82, 2.24) is 24.7 Å². The third-order valence-corrected chi connectivity index (χ3v) is 6.15. The van der Waals surface area contributed by atoms with Gasteiger partial charge in [0.25, 0.3) is 0 Å². The molecule has 32 heavy (non-hydrogen) atoms. The molecule has 0 unspecified atom stereocenters. The zero-order chi connectivity index (χ0) is 22.0. The maximum absolute atomic E-state index is 14.2. The average Bonchev–Trinajstić information content (AvgIpc) is 3.25. The monoisotopic (exact) mass is 433 g/mol. The SMILES string of the molecule is C[C@@]12CCNc3nc(-c4nn(Cc5ccccc5F)c5ncc(F)cc45)nc(c31)NC2=O. The number of nitrogens with zero attached hydrogens (tertiary/aromatic N) is 5. The average molecular weight is 433 g/mol. The second-order valence-corrected chi connectivity index (χ2v) is 8.20. The van der Waals surface area contributed by atoms with Crippen LogP contribution in [0.4, 0.5) is 20.4 Å². The number of rotatable bonds is 3. The van der Waals surface area contributed by atoms with Gasteiger partial charge in [0.15, 0.2) is 11.5 Å². The number of halogens is 2. The molecule has 0 saturated carbocycles. The van der Waals surface area contributed by atoms with E-state index in [2.05, 4.69) is 30.7 Å². The van der Waals surface area contributed by atoms with Gasteiger partial charge in [-0.1, -0.05) is 18.2 Å². The molecule has 0 bridgehead atoms. The Morgan fingerprint density at radius 2 is 2.00 bits per heavy atom. The molecule has 1 atom stereocenters. The number of anilines is 2. The molecule has 6 rings (SSSR count). The summed E-state index contributed by atoms with van der Waals surface area (Å²) in [7, 11) is 0. The number of hydrogen-bond acceptors (Lipinski definition) is 6. The lowest BCUT2D eigenvalue weighted by molar-refractivity contribution is -0.120. The summed E-state index contributed by atoms with van der Waals surface area (Å²) in [6, 6.07) is 7.67. The second kappa shape index (κ2) is 6.52. The van der Waals surface area contributed by atoms with Gasteiger partial charge in [0.1, 0.15) is 29.0 Å². The van der Waals surface area contributed by atoms with Crippen LogP contribution in [0.5, 0.6) is 0 Å². The van der Waals surface area contributed by atoms with Gasteiger partial charge < -0.3 is 10.6 Å². The molecule has 1 amide bonds. The topological polar surface area (TPSA) is 97.6 Å². The largest absolute Gasteiger partial charge is 0.370 e. The van der Waals surface area contributed by atoms with Crippen LogP contribution in [0.25, 0.3) is 22.6 Å². The molecule has 4 aromatic rings. The van der Waals surface area contributed by atoms with Crippen LogP contribution in [0.1, 0.15) is 24.5 Å². The minimum Gasteiger partial charge on any atom is -0.370 e. The normalized spacial score (nSPS) is 19.0. The predicted octanol–water partition coefficient (Wildman–Crippen LogP) is 3.24. The summed E-state index contributed by atoms with van der Waals surface area (Å²) in [6.45, 7) is 2.57. The van der Waals surface area contributed by atoms with Crippen molar-refractivity contribution in [2.75, 3.05) is 17.2 Å². The lowest BCUT2D eigenvalue weighted by atomic mass is 9.79. The fraction of sp³-hybridized carbons (Fsp3) is 0.227. The molecule has 0 spiro atoms. The first-order chi connectivity index (χ1) is 15.4. The van der Waals surface area contributed by atoms with Crippen LogP contribution < -0.4 is 10.6 Å². The van der Waals surface area contributed by atoms with Crippen molar-refractivity contribution in [3.8, 4) is 11.5 Å². The fourth-order valence-electron chi connectivity index (χ4n) is 4.43. The summed E-state index contributed by atoms with van der Waals surface area (Å²) >= 11 is 0. The van der Waals surface area contributed by atoms with E-state index in [9.17, 15) is 13.6 Å². The van der Waals surface area contributed by atoms with Gasteiger partial charge in [-0.2, -0.15) is 5.10 Å². The number of pyridine rings is 1. The third-order valence-electron chi connectivity index (χ3n) is 6.15. The number of carbonyl (C=O) groups is 1. The number of nitrogens with one attached hydrogen (secondary N) is 2. The van der Waals surface area contributed by atoms with Crippen molar-refractivity contribution in [3.05, 3.63) is 59.3 Å². The van der Waals surface area contributed by atoms with E-state index in [0.29, 0.717) is 46.9 Å². The van der Waals surface area contributed by atoms with E-state index < -0.39 is 11.2 Å². The second-order valence-electron chi connectivity index (χ2n) is 8.20. The van der Waals surface area contributed by atoms with Crippen molar-refractivity contribution in [2.24, 2.45) is 0 Å². The Morgan fingerprint density at radius 1 is 1.19 bits per heavy atom. The van der Waals surface area contributed by atoms with E-state index in [-0.39, 0.29) is 24.1 Å². The molecule has 2 N–H and O–H groups in total. The zero-order valence-corrected chi connectivity index (χ0v) is 17.0. The highest BCUT2D eigenvalue weighted by Gasteiger charge is 2.48. The Hall–Kier alpha value is -3.95. The number of hydrogen-bond donors (Lipinski definition) is 2. The lowest BCUT2D eigenvalue weighted by Crippen LogP contribution is -2.36. The highest BCUT2D eigenvalue weighted by molar-refractivity contribution is 6.07. The summed E-state index contributed by atoms with van der Waals surface area (Å²) in [4.78, 5) is 25.9. The molecule has 2 aliphatic rings. The van der Waals surface area contributed by atoms with Gasteiger partial charge in [-0.15, -0.1) is 0 Å². The van der Waals surface area contributed by atoms with Gasteiger partial charge in [0.2, 0.25) is 5.91 Å². The molecule has 0 radical (unpaired) electrons. The van der Waals surface area contributed by atoms with Crippen molar-refractivity contribution in [1.29, 1.82) is 0 Å². The fourth-order valence-corrected chi connectivity index (χ4v) is 4.43. The molecule has 0 aliphatic carbocycles. The number of carbonyl (C=O) groups excluding carboxylic acids is 1. The first-order valence-corrected chi connectivity index (χ1v) is 10.2. The van der Waals surface area contributed by atoms with Crippen molar-refractivity contribution >= 4 is 28.6 Å². The Balaban J connectivity index is 1.54. The standard InChI is InChI=1S/C22H17F2N7O/c1-22-6-7-25-17-15(22)18(29-21(22)32)28-19(27-17)16-13-8-12(23)9-26-20(13)31(30-16)10-11-4-2-3-5-14(11)24/h2-5,8-9H,6-7,10H2,1H3,(H2,25,27,28,29,32)/t22-/m1/s1. The van der Waals surface area contributed by atoms with Crippen LogP contribution in [0.3, 0.4) is 0 Å². The Labute approximate surface area is 180 Å². The van der Waals surface area contributed by atoms with Crippen LogP contribution in [-0.4, -0.2) is 37.2 Å². The Bertz CT molecular complexity index is 1430. The number of benzene rings is 1. The maximum atomic E-state index is 14.2. The third kappa shape index (κ3) is 2.62. The molecule has 10 heteroatoms. The molecule has 3 aromatic heterocycles. The first-order valence-electron chi connectivity index (χ1n) is 10.2. The highest BCUT2D eigenvalue weighted by atomic mass is 19.1. The van der Waals surface area contributed by atoms with Crippen molar-refractivity contribution in [2.45, 2.75) is 25.3 Å².